The first-order valence-corrected chi connectivity index (χ1v) is 17.9. The van der Waals surface area contributed by atoms with E-state index < -0.39 is 5.51 Å². The summed E-state index contributed by atoms with van der Waals surface area (Å²) in [5.41, 5.74) is -2.55. The number of anilines is 2. The molecule has 0 bridgehead atoms. The minimum atomic E-state index is -4.45. The molecular weight excluding hydrogens is 636 g/mol. The van der Waals surface area contributed by atoms with E-state index in [2.05, 4.69) is 32.5 Å². The van der Waals surface area contributed by atoms with E-state index in [0.717, 1.165) is 80.4 Å². The van der Waals surface area contributed by atoms with Crippen LogP contribution in [0.1, 0.15) is 36.5 Å². The van der Waals surface area contributed by atoms with Crippen molar-refractivity contribution in [1.29, 1.82) is 0 Å². The second-order valence-corrected chi connectivity index (χ2v) is 14.7. The third-order valence-corrected chi connectivity index (χ3v) is 10.6. The van der Waals surface area contributed by atoms with Gasteiger partial charge < -0.3 is 20.9 Å². The van der Waals surface area contributed by atoms with Gasteiger partial charge in [0, 0.05) is 82.2 Å². The van der Waals surface area contributed by atoms with Gasteiger partial charge in [0.25, 0.3) is 5.91 Å². The lowest BCUT2D eigenvalue weighted by Gasteiger charge is -2.34. The Labute approximate surface area is 276 Å². The van der Waals surface area contributed by atoms with Crippen molar-refractivity contribution in [2.24, 2.45) is 5.92 Å². The number of amides is 1. The molecular formula is C33H40F3N5OS3. The highest BCUT2D eigenvalue weighted by atomic mass is 32.2. The number of halogens is 3. The van der Waals surface area contributed by atoms with E-state index in [1.807, 2.05) is 42.5 Å². The van der Waals surface area contributed by atoms with E-state index in [4.69, 9.17) is 0 Å². The first kappa shape index (κ1) is 33.8. The van der Waals surface area contributed by atoms with Crippen LogP contribution in [0.25, 0.3) is 0 Å². The van der Waals surface area contributed by atoms with Crippen LogP contribution in [0.15, 0.2) is 87.5 Å². The van der Waals surface area contributed by atoms with Crippen molar-refractivity contribution in [2.45, 2.75) is 58.5 Å². The quantitative estimate of drug-likeness (QED) is 0.102. The first-order valence-electron chi connectivity index (χ1n) is 15.3. The van der Waals surface area contributed by atoms with E-state index in [-0.39, 0.29) is 28.6 Å². The van der Waals surface area contributed by atoms with E-state index in [1.54, 1.807) is 36.0 Å². The van der Waals surface area contributed by atoms with Gasteiger partial charge in [-0.15, -0.1) is 11.8 Å². The highest BCUT2D eigenvalue weighted by Crippen LogP contribution is 2.42. The van der Waals surface area contributed by atoms with Crippen molar-refractivity contribution in [3.63, 3.8) is 0 Å². The molecule has 5 rings (SSSR count). The van der Waals surface area contributed by atoms with Gasteiger partial charge >= 0.3 is 5.51 Å². The Morgan fingerprint density at radius 3 is 2.42 bits per heavy atom. The lowest BCUT2D eigenvalue weighted by molar-refractivity contribution is -0.0328. The number of nitrogens with zero attached hydrogens (tertiary/aromatic N) is 1. The molecule has 0 spiro atoms. The average Bonchev–Trinajstić information content (AvgIpc) is 3.02. The number of carbonyl (C=O) groups excluding carboxylic acids is 1. The average molecular weight is 676 g/mol. The van der Waals surface area contributed by atoms with Gasteiger partial charge in [0.2, 0.25) is 0 Å². The third kappa shape index (κ3) is 11.1. The molecule has 2 aliphatic rings. The maximum absolute atomic E-state index is 13.7. The van der Waals surface area contributed by atoms with Crippen LogP contribution < -0.4 is 20.7 Å². The summed E-state index contributed by atoms with van der Waals surface area (Å²) in [5, 5.41) is 10.3. The van der Waals surface area contributed by atoms with E-state index in [1.165, 1.54) is 6.07 Å². The van der Waals surface area contributed by atoms with Gasteiger partial charge in [-0.25, -0.2) is 0 Å². The molecule has 45 heavy (non-hydrogen) atoms. The molecule has 1 atom stereocenters. The summed E-state index contributed by atoms with van der Waals surface area (Å²) in [4.78, 5) is 16.9. The van der Waals surface area contributed by atoms with Crippen molar-refractivity contribution in [3.8, 4) is 0 Å². The van der Waals surface area contributed by atoms with Gasteiger partial charge in [-0.3, -0.25) is 9.52 Å². The number of alkyl halides is 3. The lowest BCUT2D eigenvalue weighted by Crippen LogP contribution is -2.44. The van der Waals surface area contributed by atoms with Crippen LogP contribution in [0.5, 0.6) is 0 Å². The van der Waals surface area contributed by atoms with Crippen LogP contribution >= 0.6 is 35.5 Å². The number of piperazine rings is 1. The largest absolute Gasteiger partial charge is 0.446 e. The smallest absolute Gasteiger partial charge is 0.382 e. The van der Waals surface area contributed by atoms with E-state index >= 15 is 0 Å². The molecule has 1 saturated carbocycles. The van der Waals surface area contributed by atoms with Crippen molar-refractivity contribution in [3.05, 3.63) is 78.4 Å². The fourth-order valence-electron chi connectivity index (χ4n) is 5.44. The Balaban J connectivity index is 1.23. The van der Waals surface area contributed by atoms with Gasteiger partial charge in [0.1, 0.15) is 0 Å². The Kier molecular flexibility index (Phi) is 12.3. The second kappa shape index (κ2) is 16.4. The second-order valence-electron chi connectivity index (χ2n) is 11.6. The van der Waals surface area contributed by atoms with E-state index in [9.17, 15) is 18.0 Å². The fraction of sp³-hybridized carbons (Fsp3) is 0.424. The summed E-state index contributed by atoms with van der Waals surface area (Å²) in [7, 11) is 0. The summed E-state index contributed by atoms with van der Waals surface area (Å²) in [6.07, 6.45) is 3.09. The molecule has 1 heterocycles. The zero-order valence-corrected chi connectivity index (χ0v) is 27.7. The summed E-state index contributed by atoms with van der Waals surface area (Å²) in [6, 6.07) is 22.7. The number of hydrogen-bond acceptors (Lipinski definition) is 8. The Hall–Kier alpha value is -2.51. The summed E-state index contributed by atoms with van der Waals surface area (Å²) < 4.78 is 43.8. The molecule has 1 aliphatic carbocycles. The standard InChI is InChI=1S/C33H40F3N5OS3/c1-23-19-27(20-23)38-25-9-7-24(8-10-25)32(42)40-45-29-11-12-30(31(21-29)44-33(34,35)36)39-26(13-16-41-17-14-37-15-18-41)22-43-28-5-3-2-4-6-28/h2-12,21,23,26-27,37-39H,13-20,22H2,1H3,(H,40,42). The lowest BCUT2D eigenvalue weighted by atomic mass is 9.82. The molecule has 1 saturated heterocycles. The van der Waals surface area contributed by atoms with Gasteiger partial charge in [0.05, 0.1) is 0 Å². The predicted molar refractivity (Wildman–Crippen MR) is 182 cm³/mol. The molecule has 1 unspecified atom stereocenters. The monoisotopic (exact) mass is 675 g/mol. The number of hydrogen-bond donors (Lipinski definition) is 4. The van der Waals surface area contributed by atoms with Crippen LogP contribution in [0.2, 0.25) is 0 Å². The van der Waals surface area contributed by atoms with Crippen LogP contribution in [0.3, 0.4) is 0 Å². The number of carbonyl (C=O) groups is 1. The molecule has 0 radical (unpaired) electrons. The van der Waals surface area contributed by atoms with Gasteiger partial charge in [-0.1, -0.05) is 25.1 Å². The maximum Gasteiger partial charge on any atom is 0.446 e. The summed E-state index contributed by atoms with van der Waals surface area (Å²) in [5.74, 6) is 1.15. The Bertz CT molecular complexity index is 1370. The number of nitrogens with one attached hydrogen (secondary N) is 4. The molecule has 1 aliphatic heterocycles. The first-order chi connectivity index (χ1) is 21.7. The van der Waals surface area contributed by atoms with Crippen LogP contribution in [-0.4, -0.2) is 66.9 Å². The zero-order valence-electron chi connectivity index (χ0n) is 25.2. The van der Waals surface area contributed by atoms with Crippen LogP contribution in [0.4, 0.5) is 24.5 Å². The molecule has 6 nitrogen and oxygen atoms in total. The summed E-state index contributed by atoms with van der Waals surface area (Å²) >= 11 is 2.58. The van der Waals surface area contributed by atoms with Crippen LogP contribution in [-0.2, 0) is 0 Å². The van der Waals surface area contributed by atoms with Gasteiger partial charge in [-0.2, -0.15) is 13.2 Å². The number of thioether (sulfide) groups is 2. The molecule has 3 aromatic rings. The van der Waals surface area contributed by atoms with Gasteiger partial charge in [-0.05, 0) is 103 Å². The molecule has 4 N–H and O–H groups in total. The molecule has 0 aromatic heterocycles. The third-order valence-electron chi connectivity index (χ3n) is 7.89. The summed E-state index contributed by atoms with van der Waals surface area (Å²) in [6.45, 7) is 6.92. The molecule has 12 heteroatoms. The normalized spacial score (nSPS) is 19.4. The Morgan fingerprint density at radius 1 is 1.00 bits per heavy atom. The number of rotatable bonds is 14. The SMILES string of the molecule is CC1CC(Nc2ccc(C(=O)NSc3ccc(NC(CCN4CCNCC4)CSc4ccccc4)c(SC(F)(F)F)c3)cc2)C1. The van der Waals surface area contributed by atoms with Crippen LogP contribution in [0, 0.1) is 5.92 Å². The molecule has 3 aromatic carbocycles. The highest BCUT2D eigenvalue weighted by Gasteiger charge is 2.31. The molecule has 1 amide bonds. The Morgan fingerprint density at radius 2 is 1.73 bits per heavy atom. The van der Waals surface area contributed by atoms with Crippen molar-refractivity contribution in [2.75, 3.05) is 49.1 Å². The minimum Gasteiger partial charge on any atom is -0.382 e. The molecule has 242 valence electrons. The van der Waals surface area contributed by atoms with Crippen molar-refractivity contribution >= 4 is 52.8 Å². The van der Waals surface area contributed by atoms with Crippen molar-refractivity contribution in [1.82, 2.24) is 14.9 Å². The van der Waals surface area contributed by atoms with Crippen molar-refractivity contribution < 1.29 is 18.0 Å². The minimum absolute atomic E-state index is 0.0407. The maximum atomic E-state index is 13.7. The number of benzene rings is 3. The van der Waals surface area contributed by atoms with E-state index in [0.29, 0.717) is 27.9 Å². The topological polar surface area (TPSA) is 68.4 Å². The zero-order chi connectivity index (χ0) is 31.6. The molecule has 2 fully saturated rings. The van der Waals surface area contributed by atoms with Gasteiger partial charge in [0.15, 0.2) is 0 Å². The fourth-order valence-corrected chi connectivity index (χ4v) is 7.82. The highest BCUT2D eigenvalue weighted by molar-refractivity contribution is 8.00. The predicted octanol–water partition coefficient (Wildman–Crippen LogP) is 7.81.